The first-order valence-corrected chi connectivity index (χ1v) is 6.62. The minimum absolute atomic E-state index is 0.760. The van der Waals surface area contributed by atoms with Crippen LogP contribution in [0.3, 0.4) is 0 Å². The molecule has 15 heavy (non-hydrogen) atoms. The summed E-state index contributed by atoms with van der Waals surface area (Å²) in [4.78, 5) is 54.6. The SMILES string of the molecule is CC(C(=O)OC(=O)P(=O)(O)O)P(=O)(O)O. The standard InChI is InChI=1S/C4H8O9P2/c1-2(14(7,8)9)3(5)13-4(6)15(10,11)12/h2H,1H3,(H2,7,8,9)(H2,10,11,12). The molecule has 1 unspecified atom stereocenters. The van der Waals surface area contributed by atoms with Crippen LogP contribution in [-0.4, -0.2) is 36.9 Å². The van der Waals surface area contributed by atoms with Crippen LogP contribution in [0.15, 0.2) is 0 Å². The summed E-state index contributed by atoms with van der Waals surface area (Å²) in [7, 11) is -10.0. The summed E-state index contributed by atoms with van der Waals surface area (Å²) in [5.41, 5.74) is -4.11. The summed E-state index contributed by atoms with van der Waals surface area (Å²) in [6, 6.07) is 0. The second-order valence-electron chi connectivity index (χ2n) is 2.50. The lowest BCUT2D eigenvalue weighted by Crippen LogP contribution is -2.22. The normalized spacial score (nSPS) is 14.5. The van der Waals surface area contributed by atoms with Gasteiger partial charge in [-0.3, -0.25) is 9.36 Å². The van der Waals surface area contributed by atoms with Gasteiger partial charge in [0.05, 0.1) is 0 Å². The Hall–Kier alpha value is -0.560. The lowest BCUT2D eigenvalue weighted by atomic mass is 10.5. The van der Waals surface area contributed by atoms with Crippen LogP contribution in [0.2, 0.25) is 0 Å². The van der Waals surface area contributed by atoms with E-state index in [-0.39, 0.29) is 0 Å². The zero-order chi connectivity index (χ0) is 12.4. The van der Waals surface area contributed by atoms with E-state index in [9.17, 15) is 18.7 Å². The number of rotatable bonds is 3. The maximum atomic E-state index is 10.8. The zero-order valence-corrected chi connectivity index (χ0v) is 9.09. The van der Waals surface area contributed by atoms with Gasteiger partial charge in [0, 0.05) is 0 Å². The van der Waals surface area contributed by atoms with Gasteiger partial charge in [-0.1, -0.05) is 0 Å². The van der Waals surface area contributed by atoms with Crippen molar-refractivity contribution in [2.75, 3.05) is 0 Å². The fourth-order valence-electron chi connectivity index (χ4n) is 0.368. The smallest absolute Gasteiger partial charge is 0.383 e. The van der Waals surface area contributed by atoms with Crippen LogP contribution in [-0.2, 0) is 18.7 Å². The summed E-state index contributed by atoms with van der Waals surface area (Å²) >= 11 is 0. The number of carbonyl (C=O) groups is 2. The number of hydrogen-bond acceptors (Lipinski definition) is 5. The minimum Gasteiger partial charge on any atom is -0.383 e. The molecule has 11 heteroatoms. The fourth-order valence-corrected chi connectivity index (χ4v) is 0.904. The highest BCUT2D eigenvalue weighted by Gasteiger charge is 2.37. The van der Waals surface area contributed by atoms with Crippen molar-refractivity contribution in [1.82, 2.24) is 0 Å². The third-order valence-electron chi connectivity index (χ3n) is 1.27. The predicted molar refractivity (Wildman–Crippen MR) is 45.0 cm³/mol. The van der Waals surface area contributed by atoms with Gasteiger partial charge in [-0.25, -0.2) is 9.36 Å². The van der Waals surface area contributed by atoms with Gasteiger partial charge in [0.15, 0.2) is 5.66 Å². The van der Waals surface area contributed by atoms with Gasteiger partial charge in [0.2, 0.25) is 0 Å². The molecule has 0 aliphatic rings. The molecule has 1 atom stereocenters. The molecule has 0 fully saturated rings. The molecule has 0 bridgehead atoms. The maximum Gasteiger partial charge on any atom is 0.433 e. The monoisotopic (exact) mass is 262 g/mol. The van der Waals surface area contributed by atoms with E-state index in [1.807, 2.05) is 0 Å². The van der Waals surface area contributed by atoms with Gasteiger partial charge in [-0.15, -0.1) is 0 Å². The van der Waals surface area contributed by atoms with Gasteiger partial charge >= 0.3 is 26.9 Å². The van der Waals surface area contributed by atoms with Crippen molar-refractivity contribution >= 4 is 26.9 Å². The van der Waals surface area contributed by atoms with Crippen LogP contribution in [0, 0.1) is 0 Å². The van der Waals surface area contributed by atoms with E-state index in [0.29, 0.717) is 0 Å². The van der Waals surface area contributed by atoms with Crippen molar-refractivity contribution < 1.29 is 43.0 Å². The molecule has 0 saturated carbocycles. The third-order valence-corrected chi connectivity index (χ3v) is 3.06. The number of carbonyl (C=O) groups excluding carboxylic acids is 2. The number of hydrogen-bond donors (Lipinski definition) is 4. The summed E-state index contributed by atoms with van der Waals surface area (Å²) in [5, 5.41) is 0. The van der Waals surface area contributed by atoms with E-state index in [0.717, 1.165) is 6.92 Å². The van der Waals surface area contributed by atoms with Crippen LogP contribution in [0.4, 0.5) is 4.79 Å². The van der Waals surface area contributed by atoms with E-state index in [4.69, 9.17) is 19.6 Å². The molecular formula is C4H8O9P2. The molecule has 88 valence electrons. The van der Waals surface area contributed by atoms with Crippen molar-refractivity contribution in [3.05, 3.63) is 0 Å². The van der Waals surface area contributed by atoms with Gasteiger partial charge in [-0.05, 0) is 6.92 Å². The minimum atomic E-state index is -5.24. The summed E-state index contributed by atoms with van der Waals surface area (Å²) in [6.07, 6.45) is 0. The van der Waals surface area contributed by atoms with E-state index in [1.54, 1.807) is 0 Å². The Labute approximate surface area is 83.4 Å². The number of ether oxygens (including phenoxy) is 1. The summed E-state index contributed by atoms with van der Waals surface area (Å²) < 4.78 is 24.3. The summed E-state index contributed by atoms with van der Waals surface area (Å²) in [6.45, 7) is 0.760. The van der Waals surface area contributed by atoms with Crippen LogP contribution in [0.5, 0.6) is 0 Å². The van der Waals surface area contributed by atoms with Gasteiger partial charge < -0.3 is 24.3 Å². The maximum absolute atomic E-state index is 10.8. The molecule has 0 spiro atoms. The van der Waals surface area contributed by atoms with Crippen LogP contribution < -0.4 is 0 Å². The highest BCUT2D eigenvalue weighted by atomic mass is 31.2. The molecule has 9 nitrogen and oxygen atoms in total. The number of esters is 1. The molecule has 4 N–H and O–H groups in total. The van der Waals surface area contributed by atoms with Crippen molar-refractivity contribution in [2.45, 2.75) is 12.6 Å². The lowest BCUT2D eigenvalue weighted by molar-refractivity contribution is -0.136. The Morgan fingerprint density at radius 2 is 1.53 bits per heavy atom. The Morgan fingerprint density at radius 1 is 1.13 bits per heavy atom. The fraction of sp³-hybridized carbons (Fsp3) is 0.500. The molecule has 0 saturated heterocycles. The first-order chi connectivity index (χ1) is 6.46. The van der Waals surface area contributed by atoms with E-state index in [1.165, 1.54) is 0 Å². The van der Waals surface area contributed by atoms with E-state index in [2.05, 4.69) is 4.74 Å². The van der Waals surface area contributed by atoms with E-state index >= 15 is 0 Å². The molecule has 0 radical (unpaired) electrons. The average Bonchev–Trinajstić information content (AvgIpc) is 1.99. The van der Waals surface area contributed by atoms with Gasteiger partial charge in [0.1, 0.15) is 0 Å². The molecule has 0 rings (SSSR count). The van der Waals surface area contributed by atoms with Gasteiger partial charge in [-0.2, -0.15) is 0 Å². The highest BCUT2D eigenvalue weighted by molar-refractivity contribution is 7.69. The van der Waals surface area contributed by atoms with Crippen molar-refractivity contribution in [2.24, 2.45) is 0 Å². The first kappa shape index (κ1) is 14.4. The Balaban J connectivity index is 4.61. The highest BCUT2D eigenvalue weighted by Crippen LogP contribution is 2.43. The molecule has 0 aliphatic carbocycles. The van der Waals surface area contributed by atoms with Crippen molar-refractivity contribution in [3.8, 4) is 0 Å². The average molecular weight is 262 g/mol. The molecule has 0 aromatic rings. The largest absolute Gasteiger partial charge is 0.433 e. The third kappa shape index (κ3) is 4.65. The molecule has 0 aromatic heterocycles. The predicted octanol–water partition coefficient (Wildman–Crippen LogP) is -0.607. The second-order valence-corrected chi connectivity index (χ2v) is 5.90. The molecular weight excluding hydrogens is 254 g/mol. The summed E-state index contributed by atoms with van der Waals surface area (Å²) in [5.74, 6) is -1.70. The van der Waals surface area contributed by atoms with Crippen molar-refractivity contribution in [3.63, 3.8) is 0 Å². The molecule has 0 aliphatic heterocycles. The van der Waals surface area contributed by atoms with Crippen LogP contribution >= 0.6 is 15.2 Å². The van der Waals surface area contributed by atoms with Crippen LogP contribution in [0.25, 0.3) is 0 Å². The molecule has 0 amide bonds. The first-order valence-electron chi connectivity index (χ1n) is 3.33. The Morgan fingerprint density at radius 3 is 1.80 bits per heavy atom. The Kier molecular flexibility index (Phi) is 4.36. The van der Waals surface area contributed by atoms with Crippen molar-refractivity contribution in [1.29, 1.82) is 0 Å². The second kappa shape index (κ2) is 4.52. The quantitative estimate of drug-likeness (QED) is 0.295. The topological polar surface area (TPSA) is 158 Å². The lowest BCUT2D eigenvalue weighted by Gasteiger charge is -2.11. The van der Waals surface area contributed by atoms with E-state index < -0.39 is 32.5 Å². The van der Waals surface area contributed by atoms with Gasteiger partial charge in [0.25, 0.3) is 0 Å². The van der Waals surface area contributed by atoms with Crippen LogP contribution in [0.1, 0.15) is 6.92 Å². The Bertz CT molecular complexity index is 360. The molecule has 0 heterocycles. The molecule has 0 aromatic carbocycles. The zero-order valence-electron chi connectivity index (χ0n) is 7.30.